The minimum atomic E-state index is -0.549. The van der Waals surface area contributed by atoms with Crippen molar-refractivity contribution in [2.75, 3.05) is 7.11 Å². The van der Waals surface area contributed by atoms with Crippen molar-refractivity contribution in [3.63, 3.8) is 0 Å². The van der Waals surface area contributed by atoms with Crippen LogP contribution in [0.3, 0.4) is 0 Å². The number of aryl methyl sites for hydroxylation is 1. The second-order valence-corrected chi connectivity index (χ2v) is 4.78. The number of halogens is 2. The molecule has 4 heteroatoms. The van der Waals surface area contributed by atoms with Crippen LogP contribution in [0.4, 0.5) is 4.39 Å². The molecule has 0 heterocycles. The van der Waals surface area contributed by atoms with E-state index in [1.165, 1.54) is 7.11 Å². The average molecular weight is 280 g/mol. The molecule has 2 N–H and O–H groups in total. The summed E-state index contributed by atoms with van der Waals surface area (Å²) in [5.41, 5.74) is 8.34. The Bertz CT molecular complexity index is 601. The van der Waals surface area contributed by atoms with Crippen LogP contribution >= 0.6 is 11.6 Å². The lowest BCUT2D eigenvalue weighted by atomic mass is 9.95. The molecule has 0 saturated carbocycles. The maximum Gasteiger partial charge on any atom is 0.170 e. The Kier molecular flexibility index (Phi) is 4.08. The van der Waals surface area contributed by atoms with Crippen LogP contribution in [0.15, 0.2) is 36.4 Å². The van der Waals surface area contributed by atoms with Gasteiger partial charge in [0.1, 0.15) is 0 Å². The lowest BCUT2D eigenvalue weighted by Gasteiger charge is -2.17. The number of hydrogen-bond donors (Lipinski definition) is 1. The van der Waals surface area contributed by atoms with Crippen LogP contribution < -0.4 is 10.5 Å². The van der Waals surface area contributed by atoms with Gasteiger partial charge < -0.3 is 10.5 Å². The molecule has 0 radical (unpaired) electrons. The topological polar surface area (TPSA) is 35.2 Å². The Labute approximate surface area is 117 Å². The van der Waals surface area contributed by atoms with E-state index in [4.69, 9.17) is 22.1 Å². The normalized spacial score (nSPS) is 12.3. The van der Waals surface area contributed by atoms with Gasteiger partial charge in [-0.1, -0.05) is 29.8 Å². The average Bonchev–Trinajstić information content (AvgIpc) is 2.38. The molecule has 0 spiro atoms. The number of rotatable bonds is 3. The van der Waals surface area contributed by atoms with E-state index in [1.807, 2.05) is 19.1 Å². The molecular formula is C15H15ClFNO. The summed E-state index contributed by atoms with van der Waals surface area (Å²) in [6.45, 7) is 1.90. The van der Waals surface area contributed by atoms with Crippen molar-refractivity contribution in [2.24, 2.45) is 5.73 Å². The van der Waals surface area contributed by atoms with E-state index in [9.17, 15) is 4.39 Å². The molecular weight excluding hydrogens is 265 g/mol. The van der Waals surface area contributed by atoms with Crippen LogP contribution in [0.2, 0.25) is 5.02 Å². The summed E-state index contributed by atoms with van der Waals surface area (Å²) in [5.74, 6) is -0.230. The molecule has 0 aliphatic carbocycles. The molecule has 0 aromatic heterocycles. The molecule has 0 fully saturated rings. The number of hydrogen-bond acceptors (Lipinski definition) is 2. The van der Waals surface area contributed by atoms with Gasteiger partial charge in [0.2, 0.25) is 0 Å². The van der Waals surface area contributed by atoms with Crippen molar-refractivity contribution in [2.45, 2.75) is 13.0 Å². The molecule has 2 nitrogen and oxygen atoms in total. The maximum absolute atomic E-state index is 14.2. The van der Waals surface area contributed by atoms with Crippen LogP contribution in [0.25, 0.3) is 0 Å². The number of nitrogens with two attached hydrogens (primary N) is 1. The summed E-state index contributed by atoms with van der Waals surface area (Å²) in [4.78, 5) is 0. The second kappa shape index (κ2) is 5.59. The molecule has 0 aliphatic rings. The van der Waals surface area contributed by atoms with E-state index in [0.717, 1.165) is 11.1 Å². The Hall–Kier alpha value is -1.58. The zero-order valence-corrected chi connectivity index (χ0v) is 11.5. The van der Waals surface area contributed by atoms with E-state index in [-0.39, 0.29) is 5.75 Å². The first kappa shape index (κ1) is 13.8. The van der Waals surface area contributed by atoms with E-state index in [1.54, 1.807) is 24.3 Å². The largest absolute Gasteiger partial charge is 0.494 e. The summed E-state index contributed by atoms with van der Waals surface area (Å²) in [5, 5.41) is 0.638. The highest BCUT2D eigenvalue weighted by Gasteiger charge is 2.18. The third-order valence-electron chi connectivity index (χ3n) is 3.12. The monoisotopic (exact) mass is 279 g/mol. The van der Waals surface area contributed by atoms with Crippen molar-refractivity contribution in [1.29, 1.82) is 0 Å². The van der Waals surface area contributed by atoms with E-state index in [2.05, 4.69) is 0 Å². The SMILES string of the molecule is COc1cccc(C(N)c2ccc(Cl)cc2C)c1F. The lowest BCUT2D eigenvalue weighted by Crippen LogP contribution is -2.15. The standard InChI is InChI=1S/C15H15ClFNO/c1-9-8-10(16)6-7-11(9)15(18)12-4-3-5-13(19-2)14(12)17/h3-8,15H,18H2,1-2H3. The molecule has 2 rings (SSSR count). The zero-order valence-electron chi connectivity index (χ0n) is 10.8. The first-order valence-electron chi connectivity index (χ1n) is 5.88. The first-order chi connectivity index (χ1) is 9.04. The predicted octanol–water partition coefficient (Wildman–Crippen LogP) is 3.84. The predicted molar refractivity (Wildman–Crippen MR) is 75.2 cm³/mol. The number of ether oxygens (including phenoxy) is 1. The molecule has 0 amide bonds. The molecule has 100 valence electrons. The fourth-order valence-electron chi connectivity index (χ4n) is 2.08. The van der Waals surface area contributed by atoms with E-state index in [0.29, 0.717) is 10.6 Å². The Morgan fingerprint density at radius 3 is 2.58 bits per heavy atom. The third-order valence-corrected chi connectivity index (χ3v) is 3.35. The Morgan fingerprint density at radius 2 is 1.95 bits per heavy atom. The highest BCUT2D eigenvalue weighted by atomic mass is 35.5. The fraction of sp³-hybridized carbons (Fsp3) is 0.200. The molecule has 0 aliphatic heterocycles. The highest BCUT2D eigenvalue weighted by molar-refractivity contribution is 6.30. The fourth-order valence-corrected chi connectivity index (χ4v) is 2.31. The van der Waals surface area contributed by atoms with Gasteiger partial charge in [0, 0.05) is 10.6 Å². The molecule has 19 heavy (non-hydrogen) atoms. The summed E-state index contributed by atoms with van der Waals surface area (Å²) in [6, 6.07) is 9.80. The molecule has 1 atom stereocenters. The van der Waals surface area contributed by atoms with Gasteiger partial charge in [-0.3, -0.25) is 0 Å². The van der Waals surface area contributed by atoms with Gasteiger partial charge in [0.05, 0.1) is 13.2 Å². The quantitative estimate of drug-likeness (QED) is 0.926. The lowest BCUT2D eigenvalue weighted by molar-refractivity contribution is 0.383. The van der Waals surface area contributed by atoms with Crippen LogP contribution in [0.5, 0.6) is 5.75 Å². The summed E-state index contributed by atoms with van der Waals surface area (Å²) >= 11 is 5.91. The summed E-state index contributed by atoms with van der Waals surface area (Å²) in [7, 11) is 1.43. The third kappa shape index (κ3) is 2.72. The second-order valence-electron chi connectivity index (χ2n) is 4.34. The molecule has 2 aromatic carbocycles. The van der Waals surface area contributed by atoms with Crippen molar-refractivity contribution >= 4 is 11.6 Å². The maximum atomic E-state index is 14.2. The molecule has 0 bridgehead atoms. The van der Waals surface area contributed by atoms with Gasteiger partial charge in [-0.05, 0) is 36.2 Å². The highest BCUT2D eigenvalue weighted by Crippen LogP contribution is 2.30. The van der Waals surface area contributed by atoms with Crippen LogP contribution in [-0.2, 0) is 0 Å². The van der Waals surface area contributed by atoms with Gasteiger partial charge in [0.25, 0.3) is 0 Å². The van der Waals surface area contributed by atoms with Gasteiger partial charge in [-0.15, -0.1) is 0 Å². The number of benzene rings is 2. The minimum absolute atomic E-state index is 0.194. The van der Waals surface area contributed by atoms with E-state index >= 15 is 0 Å². The van der Waals surface area contributed by atoms with Crippen LogP contribution in [0.1, 0.15) is 22.7 Å². The number of methoxy groups -OCH3 is 1. The van der Waals surface area contributed by atoms with Crippen molar-refractivity contribution in [3.8, 4) is 5.75 Å². The van der Waals surface area contributed by atoms with Crippen LogP contribution in [0, 0.1) is 12.7 Å². The molecule has 1 unspecified atom stereocenters. The smallest absolute Gasteiger partial charge is 0.170 e. The first-order valence-corrected chi connectivity index (χ1v) is 6.26. The van der Waals surface area contributed by atoms with Gasteiger partial charge in [-0.25, -0.2) is 4.39 Å². The Morgan fingerprint density at radius 1 is 1.21 bits per heavy atom. The summed E-state index contributed by atoms with van der Waals surface area (Å²) in [6.07, 6.45) is 0. The molecule has 2 aromatic rings. The van der Waals surface area contributed by atoms with Gasteiger partial charge in [-0.2, -0.15) is 0 Å². The molecule has 0 saturated heterocycles. The minimum Gasteiger partial charge on any atom is -0.494 e. The van der Waals surface area contributed by atoms with E-state index < -0.39 is 11.9 Å². The van der Waals surface area contributed by atoms with Gasteiger partial charge >= 0.3 is 0 Å². The summed E-state index contributed by atoms with van der Waals surface area (Å²) < 4.78 is 19.2. The zero-order chi connectivity index (χ0) is 14.0. The van der Waals surface area contributed by atoms with Gasteiger partial charge in [0.15, 0.2) is 11.6 Å². The van der Waals surface area contributed by atoms with Crippen molar-refractivity contribution in [3.05, 3.63) is 63.9 Å². The Balaban J connectivity index is 2.47. The van der Waals surface area contributed by atoms with Crippen LogP contribution in [-0.4, -0.2) is 7.11 Å². The van der Waals surface area contributed by atoms with Crippen molar-refractivity contribution in [1.82, 2.24) is 0 Å². The van der Waals surface area contributed by atoms with Crippen molar-refractivity contribution < 1.29 is 9.13 Å².